The molecule has 3 nitrogen and oxygen atoms in total. The lowest BCUT2D eigenvalue weighted by Crippen LogP contribution is -2.42. The van der Waals surface area contributed by atoms with E-state index in [9.17, 15) is 4.79 Å². The quantitative estimate of drug-likeness (QED) is 0.871. The Labute approximate surface area is 115 Å². The molecule has 1 aromatic carbocycles. The molecule has 0 spiro atoms. The lowest BCUT2D eigenvalue weighted by Gasteiger charge is -2.24. The Morgan fingerprint density at radius 3 is 2.29 bits per heavy atom. The van der Waals surface area contributed by atoms with Crippen molar-refractivity contribution in [1.29, 1.82) is 0 Å². The molecule has 0 saturated heterocycles. The van der Waals surface area contributed by atoms with Crippen molar-refractivity contribution in [2.75, 3.05) is 7.05 Å². The topological polar surface area (TPSA) is 46.3 Å². The molecule has 0 saturated carbocycles. The van der Waals surface area contributed by atoms with Gasteiger partial charge in [-0.25, -0.2) is 0 Å². The first-order valence-electron chi connectivity index (χ1n) is 4.86. The normalized spacial score (nSPS) is 12.0. The van der Waals surface area contributed by atoms with E-state index in [-0.39, 0.29) is 22.5 Å². The summed E-state index contributed by atoms with van der Waals surface area (Å²) in [6.45, 7) is 1.74. The van der Waals surface area contributed by atoms with Gasteiger partial charge in [0, 0.05) is 7.05 Å². The molecule has 1 unspecified atom stereocenters. The number of hydrogen-bond donors (Lipinski definition) is 1. The first kappa shape index (κ1) is 14.2. The molecule has 1 rings (SSSR count). The summed E-state index contributed by atoms with van der Waals surface area (Å²) in [4.78, 5) is 13.8. The van der Waals surface area contributed by atoms with Gasteiger partial charge in [-0.1, -0.05) is 41.5 Å². The third-order valence-electron chi connectivity index (χ3n) is 2.49. The van der Waals surface area contributed by atoms with Crippen molar-refractivity contribution in [2.24, 2.45) is 5.73 Å². The van der Waals surface area contributed by atoms with Crippen LogP contribution in [0.2, 0.25) is 10.0 Å². The Balaban J connectivity index is 3.09. The molecule has 0 bridgehead atoms. The third kappa shape index (κ3) is 3.09. The number of benzene rings is 1. The minimum absolute atomic E-state index is 0.240. The van der Waals surface area contributed by atoms with Gasteiger partial charge in [0.1, 0.15) is 0 Å². The SMILES string of the molecule is CC(C(N)=S)N(C)C(=O)c1c(Cl)cccc1Cl. The summed E-state index contributed by atoms with van der Waals surface area (Å²) in [6.07, 6.45) is 0. The smallest absolute Gasteiger partial charge is 0.257 e. The van der Waals surface area contributed by atoms with Crippen LogP contribution in [0.5, 0.6) is 0 Å². The van der Waals surface area contributed by atoms with Crippen LogP contribution in [0.1, 0.15) is 17.3 Å². The molecule has 0 aromatic heterocycles. The summed E-state index contributed by atoms with van der Waals surface area (Å²) in [5.74, 6) is -0.305. The fraction of sp³-hybridized carbons (Fsp3) is 0.273. The molecule has 0 radical (unpaired) electrons. The zero-order chi connectivity index (χ0) is 13.2. The number of carbonyl (C=O) groups is 1. The largest absolute Gasteiger partial charge is 0.392 e. The van der Waals surface area contributed by atoms with Crippen LogP contribution in [0.3, 0.4) is 0 Å². The van der Waals surface area contributed by atoms with E-state index in [0.717, 1.165) is 0 Å². The van der Waals surface area contributed by atoms with Gasteiger partial charge < -0.3 is 10.6 Å². The van der Waals surface area contributed by atoms with E-state index < -0.39 is 0 Å². The highest BCUT2D eigenvalue weighted by molar-refractivity contribution is 7.80. The number of rotatable bonds is 3. The zero-order valence-corrected chi connectivity index (χ0v) is 11.7. The van der Waals surface area contributed by atoms with E-state index in [1.165, 1.54) is 4.90 Å². The van der Waals surface area contributed by atoms with Crippen molar-refractivity contribution in [1.82, 2.24) is 4.90 Å². The van der Waals surface area contributed by atoms with Gasteiger partial charge in [0.15, 0.2) is 0 Å². The van der Waals surface area contributed by atoms with Gasteiger partial charge in [-0.2, -0.15) is 0 Å². The number of halogens is 2. The molecule has 92 valence electrons. The van der Waals surface area contributed by atoms with E-state index in [1.54, 1.807) is 32.2 Å². The fourth-order valence-electron chi connectivity index (χ4n) is 1.25. The highest BCUT2D eigenvalue weighted by Gasteiger charge is 2.23. The van der Waals surface area contributed by atoms with Crippen molar-refractivity contribution in [2.45, 2.75) is 13.0 Å². The molecule has 1 aromatic rings. The molecule has 2 N–H and O–H groups in total. The highest BCUT2D eigenvalue weighted by atomic mass is 35.5. The lowest BCUT2D eigenvalue weighted by atomic mass is 10.1. The second kappa shape index (κ2) is 5.67. The minimum atomic E-state index is -0.357. The number of amides is 1. The van der Waals surface area contributed by atoms with Gasteiger partial charge in [0.25, 0.3) is 5.91 Å². The van der Waals surface area contributed by atoms with E-state index in [4.69, 9.17) is 41.2 Å². The summed E-state index contributed by atoms with van der Waals surface area (Å²) in [5.41, 5.74) is 5.77. The third-order valence-corrected chi connectivity index (χ3v) is 3.46. The molecule has 17 heavy (non-hydrogen) atoms. The Bertz CT molecular complexity index is 445. The monoisotopic (exact) mass is 290 g/mol. The van der Waals surface area contributed by atoms with Gasteiger partial charge in [-0.3, -0.25) is 4.79 Å². The first-order valence-corrected chi connectivity index (χ1v) is 6.03. The standard InChI is InChI=1S/C11H12Cl2N2OS/c1-6(10(14)17)15(2)11(16)9-7(12)4-3-5-8(9)13/h3-6H,1-2H3,(H2,14,17). The molecule has 1 atom stereocenters. The maximum Gasteiger partial charge on any atom is 0.257 e. The number of likely N-dealkylation sites (N-methyl/N-ethyl adjacent to an activating group) is 1. The molecular formula is C11H12Cl2N2OS. The predicted octanol–water partition coefficient (Wildman–Crippen LogP) is 2.74. The summed E-state index contributed by atoms with van der Waals surface area (Å²) in [5, 5.41) is 0.619. The van der Waals surface area contributed by atoms with Gasteiger partial charge >= 0.3 is 0 Å². The molecule has 0 aliphatic carbocycles. The van der Waals surface area contributed by atoms with Crippen LogP contribution in [-0.2, 0) is 0 Å². The number of hydrogen-bond acceptors (Lipinski definition) is 2. The van der Waals surface area contributed by atoms with E-state index in [1.807, 2.05) is 0 Å². The van der Waals surface area contributed by atoms with Gasteiger partial charge in [0.2, 0.25) is 0 Å². The Hall–Kier alpha value is -0.840. The van der Waals surface area contributed by atoms with Crippen LogP contribution in [0, 0.1) is 0 Å². The summed E-state index contributed by atoms with van der Waals surface area (Å²) in [6, 6.07) is 4.54. The number of carbonyl (C=O) groups excluding carboxylic acids is 1. The van der Waals surface area contributed by atoms with Crippen LogP contribution in [0.15, 0.2) is 18.2 Å². The fourth-order valence-corrected chi connectivity index (χ4v) is 1.96. The average molecular weight is 291 g/mol. The molecule has 0 heterocycles. The summed E-state index contributed by atoms with van der Waals surface area (Å²) < 4.78 is 0. The second-order valence-electron chi connectivity index (χ2n) is 3.59. The Morgan fingerprint density at radius 2 is 1.88 bits per heavy atom. The van der Waals surface area contributed by atoms with Crippen LogP contribution in [-0.4, -0.2) is 28.9 Å². The van der Waals surface area contributed by atoms with Crippen molar-refractivity contribution < 1.29 is 4.79 Å². The van der Waals surface area contributed by atoms with Crippen LogP contribution in [0.25, 0.3) is 0 Å². The van der Waals surface area contributed by atoms with Gasteiger partial charge in [-0.15, -0.1) is 0 Å². The maximum atomic E-state index is 12.2. The molecule has 6 heteroatoms. The number of nitrogens with zero attached hydrogens (tertiary/aromatic N) is 1. The molecular weight excluding hydrogens is 279 g/mol. The van der Waals surface area contributed by atoms with Gasteiger partial charge in [-0.05, 0) is 19.1 Å². The molecule has 1 amide bonds. The van der Waals surface area contributed by atoms with Crippen molar-refractivity contribution in [3.63, 3.8) is 0 Å². The first-order chi connectivity index (χ1) is 7.86. The summed E-state index contributed by atoms with van der Waals surface area (Å²) >= 11 is 16.8. The molecule has 0 aliphatic heterocycles. The van der Waals surface area contributed by atoms with Crippen molar-refractivity contribution in [3.8, 4) is 0 Å². The Kier molecular flexibility index (Phi) is 4.74. The number of thiocarbonyl (C=S) groups is 1. The van der Waals surface area contributed by atoms with Crippen molar-refractivity contribution >= 4 is 46.3 Å². The van der Waals surface area contributed by atoms with Gasteiger partial charge in [0.05, 0.1) is 26.6 Å². The average Bonchev–Trinajstić information content (AvgIpc) is 2.26. The zero-order valence-electron chi connectivity index (χ0n) is 9.41. The maximum absolute atomic E-state index is 12.2. The van der Waals surface area contributed by atoms with Crippen molar-refractivity contribution in [3.05, 3.63) is 33.8 Å². The van der Waals surface area contributed by atoms with Crippen LogP contribution >= 0.6 is 35.4 Å². The second-order valence-corrected chi connectivity index (χ2v) is 4.88. The number of nitrogens with two attached hydrogens (primary N) is 1. The highest BCUT2D eigenvalue weighted by Crippen LogP contribution is 2.25. The van der Waals surface area contributed by atoms with E-state index in [0.29, 0.717) is 10.0 Å². The molecule has 0 fully saturated rings. The minimum Gasteiger partial charge on any atom is -0.392 e. The lowest BCUT2D eigenvalue weighted by molar-refractivity contribution is 0.0779. The summed E-state index contributed by atoms with van der Waals surface area (Å²) in [7, 11) is 1.60. The van der Waals surface area contributed by atoms with Crippen LogP contribution < -0.4 is 5.73 Å². The predicted molar refractivity (Wildman–Crippen MR) is 74.8 cm³/mol. The molecule has 0 aliphatic rings. The Morgan fingerprint density at radius 1 is 1.41 bits per heavy atom. The van der Waals surface area contributed by atoms with E-state index >= 15 is 0 Å². The van der Waals surface area contributed by atoms with Crippen LogP contribution in [0.4, 0.5) is 0 Å². The van der Waals surface area contributed by atoms with E-state index in [2.05, 4.69) is 0 Å².